The van der Waals surface area contributed by atoms with Gasteiger partial charge in [-0.25, -0.2) is 0 Å². The SMILES string of the molecule is O[C@H]1CCCN(Cc2ccc(Cl)cc2)C1. The van der Waals surface area contributed by atoms with E-state index in [1.54, 1.807) is 0 Å². The molecule has 1 aromatic carbocycles. The van der Waals surface area contributed by atoms with E-state index < -0.39 is 0 Å². The molecule has 0 unspecified atom stereocenters. The zero-order valence-electron chi connectivity index (χ0n) is 8.69. The van der Waals surface area contributed by atoms with Gasteiger partial charge in [0.15, 0.2) is 0 Å². The Morgan fingerprint density at radius 3 is 2.73 bits per heavy atom. The Morgan fingerprint density at radius 2 is 2.07 bits per heavy atom. The highest BCUT2D eigenvalue weighted by molar-refractivity contribution is 6.30. The van der Waals surface area contributed by atoms with Crippen LogP contribution in [0.1, 0.15) is 18.4 Å². The number of piperidine rings is 1. The first kappa shape index (κ1) is 10.9. The topological polar surface area (TPSA) is 23.5 Å². The van der Waals surface area contributed by atoms with E-state index in [0.717, 1.165) is 37.5 Å². The minimum absolute atomic E-state index is 0.147. The predicted octanol–water partition coefficient (Wildman–Crippen LogP) is 2.30. The number of likely N-dealkylation sites (tertiary alicyclic amines) is 1. The minimum atomic E-state index is -0.147. The number of aliphatic hydroxyl groups is 1. The summed E-state index contributed by atoms with van der Waals surface area (Å²) in [7, 11) is 0. The number of hydrogen-bond donors (Lipinski definition) is 1. The summed E-state index contributed by atoms with van der Waals surface area (Å²) in [5.74, 6) is 0. The van der Waals surface area contributed by atoms with Gasteiger partial charge < -0.3 is 5.11 Å². The molecule has 1 fully saturated rings. The molecule has 0 spiro atoms. The van der Waals surface area contributed by atoms with Gasteiger partial charge in [0.1, 0.15) is 0 Å². The Hall–Kier alpha value is -0.570. The van der Waals surface area contributed by atoms with Crippen molar-refractivity contribution in [2.45, 2.75) is 25.5 Å². The molecule has 0 aliphatic carbocycles. The van der Waals surface area contributed by atoms with Crippen LogP contribution in [0.4, 0.5) is 0 Å². The maximum absolute atomic E-state index is 9.54. The summed E-state index contributed by atoms with van der Waals surface area (Å²) in [6.45, 7) is 2.79. The predicted molar refractivity (Wildman–Crippen MR) is 62.0 cm³/mol. The lowest BCUT2D eigenvalue weighted by Gasteiger charge is -2.29. The Morgan fingerprint density at radius 1 is 1.33 bits per heavy atom. The van der Waals surface area contributed by atoms with Crippen molar-refractivity contribution >= 4 is 11.6 Å². The van der Waals surface area contributed by atoms with Crippen LogP contribution in [0, 0.1) is 0 Å². The monoisotopic (exact) mass is 225 g/mol. The molecule has 1 atom stereocenters. The second kappa shape index (κ2) is 4.97. The van der Waals surface area contributed by atoms with Gasteiger partial charge in [-0.1, -0.05) is 23.7 Å². The number of benzene rings is 1. The van der Waals surface area contributed by atoms with E-state index >= 15 is 0 Å². The number of β-amino-alcohol motifs (C(OH)–C–C–N with tert-alkyl or cyclic N) is 1. The van der Waals surface area contributed by atoms with Gasteiger partial charge in [-0.2, -0.15) is 0 Å². The molecule has 1 heterocycles. The maximum atomic E-state index is 9.54. The first-order valence-corrected chi connectivity index (χ1v) is 5.77. The molecule has 1 N–H and O–H groups in total. The normalized spacial score (nSPS) is 22.9. The molecule has 2 nitrogen and oxygen atoms in total. The van der Waals surface area contributed by atoms with Crippen LogP contribution in [0.2, 0.25) is 5.02 Å². The molecule has 15 heavy (non-hydrogen) atoms. The summed E-state index contributed by atoms with van der Waals surface area (Å²) in [5.41, 5.74) is 1.26. The molecule has 0 saturated carbocycles. The Bertz CT molecular complexity index is 312. The van der Waals surface area contributed by atoms with Gasteiger partial charge >= 0.3 is 0 Å². The van der Waals surface area contributed by atoms with Crippen molar-refractivity contribution in [1.82, 2.24) is 4.90 Å². The van der Waals surface area contributed by atoms with Crippen molar-refractivity contribution in [2.24, 2.45) is 0 Å². The van der Waals surface area contributed by atoms with Crippen LogP contribution in [-0.2, 0) is 6.54 Å². The molecule has 0 aromatic heterocycles. The highest BCUT2D eigenvalue weighted by Gasteiger charge is 2.17. The van der Waals surface area contributed by atoms with E-state index in [9.17, 15) is 5.11 Å². The molecular weight excluding hydrogens is 210 g/mol. The lowest BCUT2D eigenvalue weighted by molar-refractivity contribution is 0.0668. The number of halogens is 1. The maximum Gasteiger partial charge on any atom is 0.0667 e. The van der Waals surface area contributed by atoms with Gasteiger partial charge in [0, 0.05) is 18.1 Å². The third kappa shape index (κ3) is 3.20. The second-order valence-corrected chi connectivity index (χ2v) is 4.59. The van der Waals surface area contributed by atoms with E-state index in [0.29, 0.717) is 0 Å². The first-order chi connectivity index (χ1) is 7.24. The van der Waals surface area contributed by atoms with Crippen LogP contribution >= 0.6 is 11.6 Å². The zero-order valence-corrected chi connectivity index (χ0v) is 9.45. The van der Waals surface area contributed by atoms with Crippen LogP contribution in [0.25, 0.3) is 0 Å². The quantitative estimate of drug-likeness (QED) is 0.835. The Balaban J connectivity index is 1.93. The third-order valence-electron chi connectivity index (χ3n) is 2.80. The number of nitrogens with zero attached hydrogens (tertiary/aromatic N) is 1. The summed E-state index contributed by atoms with van der Waals surface area (Å²) in [6.07, 6.45) is 1.89. The Labute approximate surface area is 95.5 Å². The summed E-state index contributed by atoms with van der Waals surface area (Å²) in [4.78, 5) is 2.29. The van der Waals surface area contributed by atoms with Gasteiger partial charge in [-0.15, -0.1) is 0 Å². The van der Waals surface area contributed by atoms with E-state index in [4.69, 9.17) is 11.6 Å². The smallest absolute Gasteiger partial charge is 0.0667 e. The van der Waals surface area contributed by atoms with Crippen LogP contribution in [0.15, 0.2) is 24.3 Å². The fourth-order valence-electron chi connectivity index (χ4n) is 2.02. The van der Waals surface area contributed by atoms with Crippen LogP contribution in [0.5, 0.6) is 0 Å². The largest absolute Gasteiger partial charge is 0.392 e. The fraction of sp³-hybridized carbons (Fsp3) is 0.500. The van der Waals surface area contributed by atoms with Crippen LogP contribution < -0.4 is 0 Å². The number of hydrogen-bond acceptors (Lipinski definition) is 2. The van der Waals surface area contributed by atoms with E-state index in [-0.39, 0.29) is 6.10 Å². The minimum Gasteiger partial charge on any atom is -0.392 e. The average molecular weight is 226 g/mol. The molecule has 1 aromatic rings. The molecule has 0 radical (unpaired) electrons. The fourth-order valence-corrected chi connectivity index (χ4v) is 2.15. The molecule has 1 saturated heterocycles. The second-order valence-electron chi connectivity index (χ2n) is 4.16. The highest BCUT2D eigenvalue weighted by Crippen LogP contribution is 2.15. The van der Waals surface area contributed by atoms with Crippen molar-refractivity contribution in [1.29, 1.82) is 0 Å². The van der Waals surface area contributed by atoms with Crippen molar-refractivity contribution in [3.63, 3.8) is 0 Å². The van der Waals surface area contributed by atoms with E-state index in [1.165, 1.54) is 5.56 Å². The standard InChI is InChI=1S/C12H16ClNO/c13-11-5-3-10(4-6-11)8-14-7-1-2-12(15)9-14/h3-6,12,15H,1-2,7-9H2/t12-/m0/s1. The van der Waals surface area contributed by atoms with Gasteiger partial charge in [0.25, 0.3) is 0 Å². The molecule has 0 amide bonds. The summed E-state index contributed by atoms with van der Waals surface area (Å²) < 4.78 is 0. The molecule has 1 aliphatic heterocycles. The van der Waals surface area contributed by atoms with Gasteiger partial charge in [-0.05, 0) is 37.1 Å². The van der Waals surface area contributed by atoms with Crippen molar-refractivity contribution in [2.75, 3.05) is 13.1 Å². The number of rotatable bonds is 2. The average Bonchev–Trinajstić information content (AvgIpc) is 2.22. The Kier molecular flexibility index (Phi) is 3.62. The van der Waals surface area contributed by atoms with Gasteiger partial charge in [0.05, 0.1) is 6.10 Å². The van der Waals surface area contributed by atoms with Crippen molar-refractivity contribution < 1.29 is 5.11 Å². The number of aliphatic hydroxyl groups excluding tert-OH is 1. The highest BCUT2D eigenvalue weighted by atomic mass is 35.5. The van der Waals surface area contributed by atoms with Crippen LogP contribution in [0.3, 0.4) is 0 Å². The molecule has 82 valence electrons. The zero-order chi connectivity index (χ0) is 10.7. The lowest BCUT2D eigenvalue weighted by atomic mass is 10.1. The van der Waals surface area contributed by atoms with E-state index in [1.807, 2.05) is 24.3 Å². The summed E-state index contributed by atoms with van der Waals surface area (Å²) in [6, 6.07) is 7.92. The molecule has 3 heteroatoms. The molecule has 1 aliphatic rings. The van der Waals surface area contributed by atoms with Gasteiger partial charge in [-0.3, -0.25) is 4.90 Å². The summed E-state index contributed by atoms with van der Waals surface area (Å²) in [5, 5.41) is 10.3. The van der Waals surface area contributed by atoms with Crippen molar-refractivity contribution in [3.8, 4) is 0 Å². The molecule has 0 bridgehead atoms. The van der Waals surface area contributed by atoms with Crippen molar-refractivity contribution in [3.05, 3.63) is 34.9 Å². The molecular formula is C12H16ClNO. The first-order valence-electron chi connectivity index (χ1n) is 5.39. The summed E-state index contributed by atoms with van der Waals surface area (Å²) >= 11 is 5.82. The van der Waals surface area contributed by atoms with Crippen LogP contribution in [-0.4, -0.2) is 29.2 Å². The third-order valence-corrected chi connectivity index (χ3v) is 3.05. The van der Waals surface area contributed by atoms with Gasteiger partial charge in [0.2, 0.25) is 0 Å². The molecule has 2 rings (SSSR count). The lowest BCUT2D eigenvalue weighted by Crippen LogP contribution is -2.37. The van der Waals surface area contributed by atoms with E-state index in [2.05, 4.69) is 4.90 Å².